The van der Waals surface area contributed by atoms with Gasteiger partial charge in [0, 0.05) is 6.54 Å². The number of nitrogens with zero attached hydrogens (tertiary/aromatic N) is 2. The average Bonchev–Trinajstić information content (AvgIpc) is 2.62. The van der Waals surface area contributed by atoms with Crippen LogP contribution in [-0.2, 0) is 5.75 Å². The van der Waals surface area contributed by atoms with E-state index in [2.05, 4.69) is 36.2 Å². The van der Waals surface area contributed by atoms with Crippen molar-refractivity contribution in [2.45, 2.75) is 32.9 Å². The fourth-order valence-electron chi connectivity index (χ4n) is 1.00. The lowest BCUT2D eigenvalue weighted by Crippen LogP contribution is -1.99. The summed E-state index contributed by atoms with van der Waals surface area (Å²) in [5.74, 6) is 3.45. The molecular weight excluding hydrogens is 210 g/mol. The average molecular weight is 229 g/mol. The third-order valence-corrected chi connectivity index (χ3v) is 3.04. The minimum Gasteiger partial charge on any atom is -0.338 e. The zero-order chi connectivity index (χ0) is 11.1. The zero-order valence-electron chi connectivity index (χ0n) is 9.62. The first-order valence-corrected chi connectivity index (χ1v) is 6.52. The second kappa shape index (κ2) is 6.71. The van der Waals surface area contributed by atoms with E-state index in [1.54, 1.807) is 0 Å². The monoisotopic (exact) mass is 229 g/mol. The normalized spacial score (nSPS) is 10.9. The summed E-state index contributed by atoms with van der Waals surface area (Å²) in [6.45, 7) is 7.39. The summed E-state index contributed by atoms with van der Waals surface area (Å²) in [5, 5.41) is 6.96. The highest BCUT2D eigenvalue weighted by atomic mass is 32.2. The van der Waals surface area contributed by atoms with Crippen LogP contribution in [0.2, 0.25) is 0 Å². The standard InChI is InChI=1S/C10H19N3OS/c1-4-5-11-10-12-9(13-14-10)7-15-6-8(2)3/h8H,4-7H2,1-3H3,(H,11,12,13). The number of nitrogens with one attached hydrogen (secondary N) is 1. The van der Waals surface area contributed by atoms with Gasteiger partial charge in [0.05, 0.1) is 5.75 Å². The highest BCUT2D eigenvalue weighted by molar-refractivity contribution is 7.98. The van der Waals surface area contributed by atoms with Gasteiger partial charge >= 0.3 is 6.01 Å². The first-order valence-electron chi connectivity index (χ1n) is 5.36. The fraction of sp³-hybridized carbons (Fsp3) is 0.800. The third-order valence-electron chi connectivity index (χ3n) is 1.68. The Morgan fingerprint density at radius 3 is 2.93 bits per heavy atom. The first-order chi connectivity index (χ1) is 7.22. The molecule has 0 atom stereocenters. The molecule has 0 spiro atoms. The summed E-state index contributed by atoms with van der Waals surface area (Å²) in [4.78, 5) is 4.23. The van der Waals surface area contributed by atoms with Gasteiger partial charge in [-0.25, -0.2) is 0 Å². The number of anilines is 1. The maximum Gasteiger partial charge on any atom is 0.321 e. The molecule has 0 bridgehead atoms. The van der Waals surface area contributed by atoms with Gasteiger partial charge in [-0.05, 0) is 18.1 Å². The van der Waals surface area contributed by atoms with Gasteiger partial charge in [0.2, 0.25) is 0 Å². The Kier molecular flexibility index (Phi) is 5.53. The van der Waals surface area contributed by atoms with E-state index in [0.717, 1.165) is 30.3 Å². The molecule has 1 aromatic heterocycles. The number of rotatable bonds is 7. The van der Waals surface area contributed by atoms with Gasteiger partial charge in [0.25, 0.3) is 0 Å². The topological polar surface area (TPSA) is 51.0 Å². The van der Waals surface area contributed by atoms with Crippen LogP contribution in [0.3, 0.4) is 0 Å². The molecule has 4 nitrogen and oxygen atoms in total. The molecule has 0 amide bonds. The van der Waals surface area contributed by atoms with Gasteiger partial charge in [0.15, 0.2) is 5.82 Å². The minimum absolute atomic E-state index is 0.539. The van der Waals surface area contributed by atoms with Gasteiger partial charge in [-0.15, -0.1) is 0 Å². The maximum atomic E-state index is 5.04. The Hall–Kier alpha value is -0.710. The highest BCUT2D eigenvalue weighted by Crippen LogP contribution is 2.14. The summed E-state index contributed by atoms with van der Waals surface area (Å²) in [6, 6.07) is 0.539. The van der Waals surface area contributed by atoms with Crippen LogP contribution in [0.5, 0.6) is 0 Å². The van der Waals surface area contributed by atoms with E-state index in [4.69, 9.17) is 4.52 Å². The van der Waals surface area contributed by atoms with Crippen LogP contribution in [0.25, 0.3) is 0 Å². The van der Waals surface area contributed by atoms with E-state index in [-0.39, 0.29) is 0 Å². The van der Waals surface area contributed by atoms with Crippen LogP contribution >= 0.6 is 11.8 Å². The number of aromatic nitrogens is 2. The Labute approximate surface area is 95.2 Å². The summed E-state index contributed by atoms with van der Waals surface area (Å²) < 4.78 is 5.04. The predicted molar refractivity (Wildman–Crippen MR) is 64.1 cm³/mol. The third kappa shape index (κ3) is 5.06. The van der Waals surface area contributed by atoms with Crippen molar-refractivity contribution in [1.82, 2.24) is 10.1 Å². The van der Waals surface area contributed by atoms with E-state index in [1.165, 1.54) is 0 Å². The Morgan fingerprint density at radius 2 is 2.27 bits per heavy atom. The van der Waals surface area contributed by atoms with Gasteiger partial charge in [0.1, 0.15) is 0 Å². The second-order valence-corrected chi connectivity index (χ2v) is 4.88. The molecule has 0 fully saturated rings. The van der Waals surface area contributed by atoms with E-state index < -0.39 is 0 Å². The zero-order valence-corrected chi connectivity index (χ0v) is 10.4. The molecule has 1 rings (SSSR count). The lowest BCUT2D eigenvalue weighted by atomic mass is 10.3. The van der Waals surface area contributed by atoms with Crippen molar-refractivity contribution in [3.8, 4) is 0 Å². The summed E-state index contributed by atoms with van der Waals surface area (Å²) in [6.07, 6.45) is 1.06. The highest BCUT2D eigenvalue weighted by Gasteiger charge is 2.05. The Balaban J connectivity index is 2.26. The first kappa shape index (κ1) is 12.4. The number of hydrogen-bond donors (Lipinski definition) is 1. The van der Waals surface area contributed by atoms with Crippen molar-refractivity contribution < 1.29 is 4.52 Å². The molecule has 0 radical (unpaired) electrons. The van der Waals surface area contributed by atoms with Crippen molar-refractivity contribution in [3.63, 3.8) is 0 Å². The Bertz CT molecular complexity index is 275. The Morgan fingerprint density at radius 1 is 1.47 bits per heavy atom. The quantitative estimate of drug-likeness (QED) is 0.779. The molecule has 1 N–H and O–H groups in total. The summed E-state index contributed by atoms with van der Waals surface area (Å²) in [7, 11) is 0. The summed E-state index contributed by atoms with van der Waals surface area (Å²) in [5.41, 5.74) is 0. The van der Waals surface area contributed by atoms with Crippen molar-refractivity contribution in [1.29, 1.82) is 0 Å². The molecule has 0 unspecified atom stereocenters. The SMILES string of the molecule is CCCNc1nc(CSCC(C)C)no1. The van der Waals surface area contributed by atoms with Crippen LogP contribution in [-0.4, -0.2) is 22.4 Å². The molecule has 1 heterocycles. The molecular formula is C10H19N3OS. The molecule has 0 saturated heterocycles. The molecule has 86 valence electrons. The number of thioether (sulfide) groups is 1. The lowest BCUT2D eigenvalue weighted by Gasteiger charge is -2.00. The van der Waals surface area contributed by atoms with Crippen LogP contribution in [0.15, 0.2) is 4.52 Å². The molecule has 0 aromatic carbocycles. The molecule has 5 heteroatoms. The van der Waals surface area contributed by atoms with Gasteiger partial charge in [-0.3, -0.25) is 0 Å². The van der Waals surface area contributed by atoms with Gasteiger partial charge in [-0.2, -0.15) is 16.7 Å². The van der Waals surface area contributed by atoms with Crippen molar-refractivity contribution in [2.24, 2.45) is 5.92 Å². The van der Waals surface area contributed by atoms with Gasteiger partial charge in [-0.1, -0.05) is 25.9 Å². The second-order valence-electron chi connectivity index (χ2n) is 3.85. The van der Waals surface area contributed by atoms with Crippen LogP contribution in [0.1, 0.15) is 33.0 Å². The minimum atomic E-state index is 0.539. The van der Waals surface area contributed by atoms with Crippen molar-refractivity contribution >= 4 is 17.8 Å². The summed E-state index contributed by atoms with van der Waals surface area (Å²) >= 11 is 1.84. The van der Waals surface area contributed by atoms with Crippen LogP contribution in [0, 0.1) is 5.92 Å². The van der Waals surface area contributed by atoms with Crippen LogP contribution < -0.4 is 5.32 Å². The van der Waals surface area contributed by atoms with Gasteiger partial charge < -0.3 is 9.84 Å². The van der Waals surface area contributed by atoms with E-state index in [9.17, 15) is 0 Å². The van der Waals surface area contributed by atoms with Crippen molar-refractivity contribution in [2.75, 3.05) is 17.6 Å². The molecule has 1 aromatic rings. The van der Waals surface area contributed by atoms with E-state index in [1.807, 2.05) is 11.8 Å². The molecule has 0 aliphatic carbocycles. The maximum absolute atomic E-state index is 5.04. The smallest absolute Gasteiger partial charge is 0.321 e. The lowest BCUT2D eigenvalue weighted by molar-refractivity contribution is 0.425. The van der Waals surface area contributed by atoms with E-state index >= 15 is 0 Å². The van der Waals surface area contributed by atoms with E-state index in [0.29, 0.717) is 11.9 Å². The molecule has 0 aliphatic heterocycles. The van der Waals surface area contributed by atoms with Crippen LogP contribution in [0.4, 0.5) is 6.01 Å². The predicted octanol–water partition coefficient (Wildman–Crippen LogP) is 2.78. The molecule has 0 aliphatic rings. The largest absolute Gasteiger partial charge is 0.338 e. The molecule has 0 saturated carbocycles. The fourth-order valence-corrected chi connectivity index (χ4v) is 1.89. The number of hydrogen-bond acceptors (Lipinski definition) is 5. The molecule has 15 heavy (non-hydrogen) atoms. The van der Waals surface area contributed by atoms with Crippen molar-refractivity contribution in [3.05, 3.63) is 5.82 Å².